The van der Waals surface area contributed by atoms with Crippen molar-refractivity contribution in [3.05, 3.63) is 41.7 Å². The molecule has 0 saturated carbocycles. The fourth-order valence-electron chi connectivity index (χ4n) is 1.44. The normalized spacial score (nSPS) is 10.4. The monoisotopic (exact) mass is 203 g/mol. The standard InChI is InChI=1S/C11H13N3O/c12-11-13-7-9(14-11)4-1-8-2-5-10(15)6-3-8/h2-3,5-7,15H,1,4H2,(H3,12,13,14). The number of aromatic hydroxyl groups is 1. The van der Waals surface area contributed by atoms with Crippen molar-refractivity contribution in [2.24, 2.45) is 0 Å². The summed E-state index contributed by atoms with van der Waals surface area (Å²) in [5.41, 5.74) is 7.60. The molecule has 1 aromatic heterocycles. The summed E-state index contributed by atoms with van der Waals surface area (Å²) in [7, 11) is 0. The highest BCUT2D eigenvalue weighted by atomic mass is 16.3. The predicted molar refractivity (Wildman–Crippen MR) is 58.5 cm³/mol. The maximum Gasteiger partial charge on any atom is 0.197 e. The van der Waals surface area contributed by atoms with E-state index in [-0.39, 0.29) is 0 Å². The summed E-state index contributed by atoms with van der Waals surface area (Å²) in [5, 5.41) is 9.11. The number of rotatable bonds is 3. The molecule has 0 amide bonds. The Bertz CT molecular complexity index is 433. The first kappa shape index (κ1) is 9.58. The molecule has 0 aliphatic carbocycles. The van der Waals surface area contributed by atoms with E-state index in [4.69, 9.17) is 10.8 Å². The van der Waals surface area contributed by atoms with Crippen LogP contribution in [0.4, 0.5) is 5.95 Å². The quantitative estimate of drug-likeness (QED) is 0.707. The molecule has 4 heteroatoms. The topological polar surface area (TPSA) is 74.9 Å². The number of benzene rings is 1. The van der Waals surface area contributed by atoms with Crippen LogP contribution in [-0.2, 0) is 12.8 Å². The number of phenolic OH excluding ortho intramolecular Hbond substituents is 1. The minimum atomic E-state index is 0.294. The van der Waals surface area contributed by atoms with Gasteiger partial charge in [-0.25, -0.2) is 4.98 Å². The van der Waals surface area contributed by atoms with Crippen molar-refractivity contribution in [3.8, 4) is 5.75 Å². The third kappa shape index (κ3) is 2.49. The molecule has 0 aliphatic rings. The molecule has 0 fully saturated rings. The van der Waals surface area contributed by atoms with Gasteiger partial charge in [-0.05, 0) is 30.5 Å². The van der Waals surface area contributed by atoms with Gasteiger partial charge in [-0.2, -0.15) is 0 Å². The highest BCUT2D eigenvalue weighted by Gasteiger charge is 1.99. The number of hydrogen-bond acceptors (Lipinski definition) is 3. The molecule has 4 N–H and O–H groups in total. The van der Waals surface area contributed by atoms with Crippen LogP contribution < -0.4 is 5.73 Å². The zero-order chi connectivity index (χ0) is 10.7. The van der Waals surface area contributed by atoms with E-state index in [1.165, 1.54) is 5.56 Å². The number of nitrogens with two attached hydrogens (primary N) is 1. The Labute approximate surface area is 87.8 Å². The van der Waals surface area contributed by atoms with Crippen LogP contribution in [0.1, 0.15) is 11.3 Å². The van der Waals surface area contributed by atoms with E-state index in [2.05, 4.69) is 9.97 Å². The van der Waals surface area contributed by atoms with E-state index in [0.29, 0.717) is 11.7 Å². The zero-order valence-corrected chi connectivity index (χ0v) is 8.27. The first-order valence-electron chi connectivity index (χ1n) is 4.82. The molecule has 2 aromatic rings. The van der Waals surface area contributed by atoms with Crippen molar-refractivity contribution in [1.82, 2.24) is 9.97 Å². The predicted octanol–water partition coefficient (Wildman–Crippen LogP) is 1.48. The first-order chi connectivity index (χ1) is 7.24. The number of aromatic amines is 1. The lowest BCUT2D eigenvalue weighted by Crippen LogP contribution is -1.92. The molecular weight excluding hydrogens is 190 g/mol. The minimum Gasteiger partial charge on any atom is -0.508 e. The molecule has 0 radical (unpaired) electrons. The Morgan fingerprint density at radius 1 is 1.20 bits per heavy atom. The summed E-state index contributed by atoms with van der Waals surface area (Å²) in [5.74, 6) is 0.749. The molecule has 1 heterocycles. The van der Waals surface area contributed by atoms with E-state index >= 15 is 0 Å². The van der Waals surface area contributed by atoms with Gasteiger partial charge in [-0.1, -0.05) is 12.1 Å². The number of nitrogens with one attached hydrogen (secondary N) is 1. The van der Waals surface area contributed by atoms with Crippen LogP contribution in [0.3, 0.4) is 0 Å². The maximum atomic E-state index is 9.11. The van der Waals surface area contributed by atoms with E-state index in [9.17, 15) is 0 Å². The second-order valence-electron chi connectivity index (χ2n) is 3.44. The van der Waals surface area contributed by atoms with Crippen LogP contribution in [0.25, 0.3) is 0 Å². The van der Waals surface area contributed by atoms with E-state index in [1.54, 1.807) is 12.1 Å². The summed E-state index contributed by atoms with van der Waals surface area (Å²) < 4.78 is 0. The Kier molecular flexibility index (Phi) is 2.58. The molecular formula is C11H13N3O. The summed E-state index contributed by atoms with van der Waals surface area (Å²) in [6, 6.07) is 7.19. The Morgan fingerprint density at radius 2 is 1.93 bits per heavy atom. The Morgan fingerprint density at radius 3 is 2.53 bits per heavy atom. The molecule has 78 valence electrons. The summed E-state index contributed by atoms with van der Waals surface area (Å²) in [6.07, 6.45) is 3.55. The van der Waals surface area contributed by atoms with Gasteiger partial charge in [0.25, 0.3) is 0 Å². The maximum absolute atomic E-state index is 9.11. The molecule has 4 nitrogen and oxygen atoms in total. The van der Waals surface area contributed by atoms with Gasteiger partial charge in [0.2, 0.25) is 0 Å². The first-order valence-corrected chi connectivity index (χ1v) is 4.82. The molecule has 0 unspecified atom stereocenters. The SMILES string of the molecule is Nc1nc(CCc2ccc(O)cc2)c[nH]1. The average Bonchev–Trinajstić information content (AvgIpc) is 2.64. The lowest BCUT2D eigenvalue weighted by Gasteiger charge is -1.99. The van der Waals surface area contributed by atoms with Gasteiger partial charge in [-0.3, -0.25) is 0 Å². The average molecular weight is 203 g/mol. The number of nitrogen functional groups attached to an aromatic ring is 1. The van der Waals surface area contributed by atoms with Crippen LogP contribution in [0.2, 0.25) is 0 Å². The van der Waals surface area contributed by atoms with Gasteiger partial charge in [0.05, 0.1) is 5.69 Å². The van der Waals surface area contributed by atoms with Crippen molar-refractivity contribution >= 4 is 5.95 Å². The number of aryl methyl sites for hydroxylation is 2. The second-order valence-corrected chi connectivity index (χ2v) is 3.44. The van der Waals surface area contributed by atoms with Crippen molar-refractivity contribution < 1.29 is 5.11 Å². The summed E-state index contributed by atoms with van der Waals surface area (Å²) in [6.45, 7) is 0. The molecule has 15 heavy (non-hydrogen) atoms. The number of H-pyrrole nitrogens is 1. The van der Waals surface area contributed by atoms with Gasteiger partial charge < -0.3 is 15.8 Å². The van der Waals surface area contributed by atoms with E-state index in [0.717, 1.165) is 18.5 Å². The third-order valence-corrected chi connectivity index (χ3v) is 2.26. The van der Waals surface area contributed by atoms with Gasteiger partial charge in [0, 0.05) is 6.20 Å². The lowest BCUT2D eigenvalue weighted by atomic mass is 10.1. The fourth-order valence-corrected chi connectivity index (χ4v) is 1.44. The third-order valence-electron chi connectivity index (χ3n) is 2.26. The number of nitrogens with zero attached hydrogens (tertiary/aromatic N) is 1. The van der Waals surface area contributed by atoms with Gasteiger partial charge in [0.15, 0.2) is 5.95 Å². The molecule has 1 aromatic carbocycles. The van der Waals surface area contributed by atoms with Crippen molar-refractivity contribution in [2.75, 3.05) is 5.73 Å². The van der Waals surface area contributed by atoms with Crippen LogP contribution >= 0.6 is 0 Å². The van der Waals surface area contributed by atoms with Gasteiger partial charge in [-0.15, -0.1) is 0 Å². The highest BCUT2D eigenvalue weighted by Crippen LogP contribution is 2.11. The molecule has 0 saturated heterocycles. The van der Waals surface area contributed by atoms with Gasteiger partial charge >= 0.3 is 0 Å². The van der Waals surface area contributed by atoms with Crippen LogP contribution in [0, 0.1) is 0 Å². The molecule has 0 spiro atoms. The second kappa shape index (κ2) is 4.04. The van der Waals surface area contributed by atoms with E-state index < -0.39 is 0 Å². The molecule has 2 rings (SSSR count). The fraction of sp³-hybridized carbons (Fsp3) is 0.182. The van der Waals surface area contributed by atoms with Crippen LogP contribution in [0.15, 0.2) is 30.5 Å². The minimum absolute atomic E-state index is 0.294. The largest absolute Gasteiger partial charge is 0.508 e. The smallest absolute Gasteiger partial charge is 0.197 e. The number of phenols is 1. The highest BCUT2D eigenvalue weighted by molar-refractivity contribution is 5.26. The van der Waals surface area contributed by atoms with E-state index in [1.807, 2.05) is 18.3 Å². The Balaban J connectivity index is 1.96. The molecule has 0 aliphatic heterocycles. The van der Waals surface area contributed by atoms with Crippen molar-refractivity contribution in [1.29, 1.82) is 0 Å². The summed E-state index contributed by atoms with van der Waals surface area (Å²) in [4.78, 5) is 6.96. The van der Waals surface area contributed by atoms with Gasteiger partial charge in [0.1, 0.15) is 5.75 Å². The molecule has 0 atom stereocenters. The number of anilines is 1. The number of hydrogen-bond donors (Lipinski definition) is 3. The van der Waals surface area contributed by atoms with Crippen LogP contribution in [-0.4, -0.2) is 15.1 Å². The zero-order valence-electron chi connectivity index (χ0n) is 8.27. The van der Waals surface area contributed by atoms with Crippen molar-refractivity contribution in [2.45, 2.75) is 12.8 Å². The van der Waals surface area contributed by atoms with Crippen molar-refractivity contribution in [3.63, 3.8) is 0 Å². The van der Waals surface area contributed by atoms with Crippen LogP contribution in [0.5, 0.6) is 5.75 Å². The molecule has 0 bridgehead atoms. The summed E-state index contributed by atoms with van der Waals surface area (Å²) >= 11 is 0. The Hall–Kier alpha value is -1.97. The lowest BCUT2D eigenvalue weighted by molar-refractivity contribution is 0.475. The number of aromatic nitrogens is 2. The number of imidazole rings is 1.